The molecule has 0 aliphatic heterocycles. The molecule has 0 saturated heterocycles. The lowest BCUT2D eigenvalue weighted by molar-refractivity contribution is 0.112. The predicted molar refractivity (Wildman–Crippen MR) is 90.6 cm³/mol. The number of aryl methyl sites for hydroxylation is 1. The molecule has 0 saturated carbocycles. The predicted octanol–water partition coefficient (Wildman–Crippen LogP) is 4.45. The molecule has 3 rings (SSSR count). The molecule has 1 aromatic heterocycles. The molecule has 0 atom stereocenters. The summed E-state index contributed by atoms with van der Waals surface area (Å²) in [7, 11) is 0. The van der Waals surface area contributed by atoms with Crippen molar-refractivity contribution in [3.05, 3.63) is 83.7 Å². The molecule has 3 nitrogen and oxygen atoms in total. The molecule has 0 N–H and O–H groups in total. The second-order valence-corrected chi connectivity index (χ2v) is 5.33. The van der Waals surface area contributed by atoms with Gasteiger partial charge in [-0.3, -0.25) is 9.78 Å². The molecule has 1 heterocycles. The fraction of sp³-hybridized carbons (Fsp3) is 0.100. The lowest BCUT2D eigenvalue weighted by Crippen LogP contribution is -1.97. The van der Waals surface area contributed by atoms with Gasteiger partial charge in [0, 0.05) is 17.5 Å². The van der Waals surface area contributed by atoms with E-state index in [0.29, 0.717) is 17.9 Å². The zero-order valence-corrected chi connectivity index (χ0v) is 12.9. The van der Waals surface area contributed by atoms with E-state index in [1.165, 1.54) is 0 Å². The number of hydrogen-bond acceptors (Lipinski definition) is 3. The van der Waals surface area contributed by atoms with E-state index in [1.54, 1.807) is 12.3 Å². The highest BCUT2D eigenvalue weighted by atomic mass is 16.5. The van der Waals surface area contributed by atoms with Crippen LogP contribution in [0.25, 0.3) is 11.1 Å². The first-order chi connectivity index (χ1) is 11.3. The normalized spacial score (nSPS) is 10.3. The Bertz CT molecular complexity index is 813. The summed E-state index contributed by atoms with van der Waals surface area (Å²) in [5.41, 5.74) is 4.49. The third kappa shape index (κ3) is 3.64. The maximum Gasteiger partial charge on any atom is 0.150 e. The third-order valence-corrected chi connectivity index (χ3v) is 3.61. The molecule has 0 aliphatic carbocycles. The molecule has 0 aliphatic rings. The molecule has 3 heteroatoms. The Hall–Kier alpha value is -2.94. The maximum absolute atomic E-state index is 11.4. The van der Waals surface area contributed by atoms with Gasteiger partial charge in [-0.1, -0.05) is 30.3 Å². The second-order valence-electron chi connectivity index (χ2n) is 5.33. The van der Waals surface area contributed by atoms with Gasteiger partial charge < -0.3 is 4.74 Å². The molecule has 0 bridgehead atoms. The van der Waals surface area contributed by atoms with E-state index in [2.05, 4.69) is 4.98 Å². The van der Waals surface area contributed by atoms with Gasteiger partial charge in [-0.15, -0.1) is 0 Å². The van der Waals surface area contributed by atoms with Crippen LogP contribution in [0.2, 0.25) is 0 Å². The molecule has 2 aromatic carbocycles. The minimum absolute atomic E-state index is 0.479. The quantitative estimate of drug-likeness (QED) is 0.654. The molecule has 0 amide bonds. The minimum atomic E-state index is 0.479. The van der Waals surface area contributed by atoms with Gasteiger partial charge in [0.25, 0.3) is 0 Å². The number of aldehydes is 1. The summed E-state index contributed by atoms with van der Waals surface area (Å²) in [4.78, 5) is 15.6. The van der Waals surface area contributed by atoms with Crippen LogP contribution in [0.4, 0.5) is 0 Å². The van der Waals surface area contributed by atoms with E-state index in [-0.39, 0.29) is 0 Å². The molecular formula is C20H17NO2. The van der Waals surface area contributed by atoms with Crippen molar-refractivity contribution >= 4 is 6.29 Å². The van der Waals surface area contributed by atoms with Gasteiger partial charge in [0.1, 0.15) is 12.4 Å². The fourth-order valence-corrected chi connectivity index (χ4v) is 2.44. The summed E-state index contributed by atoms with van der Waals surface area (Å²) in [6, 6.07) is 19.4. The van der Waals surface area contributed by atoms with Crippen molar-refractivity contribution in [3.63, 3.8) is 0 Å². The van der Waals surface area contributed by atoms with Gasteiger partial charge in [-0.25, -0.2) is 0 Å². The molecule has 114 valence electrons. The fourth-order valence-electron chi connectivity index (χ4n) is 2.44. The Morgan fingerprint density at radius 2 is 1.87 bits per heavy atom. The van der Waals surface area contributed by atoms with E-state index >= 15 is 0 Å². The van der Waals surface area contributed by atoms with E-state index in [9.17, 15) is 4.79 Å². The minimum Gasteiger partial charge on any atom is -0.489 e. The van der Waals surface area contributed by atoms with Gasteiger partial charge >= 0.3 is 0 Å². The Morgan fingerprint density at radius 3 is 2.61 bits per heavy atom. The van der Waals surface area contributed by atoms with E-state index in [0.717, 1.165) is 28.7 Å². The average Bonchev–Trinajstić information content (AvgIpc) is 2.60. The van der Waals surface area contributed by atoms with E-state index in [1.807, 2.05) is 61.5 Å². The summed E-state index contributed by atoms with van der Waals surface area (Å²) in [5.74, 6) is 0.686. The van der Waals surface area contributed by atoms with Crippen LogP contribution >= 0.6 is 0 Å². The SMILES string of the molecule is Cc1cc(-c2ccc(OCc3ccccc3)cc2C=O)ccn1. The first-order valence-electron chi connectivity index (χ1n) is 7.45. The second kappa shape index (κ2) is 6.88. The van der Waals surface area contributed by atoms with Gasteiger partial charge in [-0.05, 0) is 53.9 Å². The van der Waals surface area contributed by atoms with Crippen LogP contribution in [0.15, 0.2) is 66.9 Å². The van der Waals surface area contributed by atoms with Gasteiger partial charge in [0.15, 0.2) is 6.29 Å². The van der Waals surface area contributed by atoms with Crippen LogP contribution in [0.5, 0.6) is 5.75 Å². The molecular weight excluding hydrogens is 286 g/mol. The van der Waals surface area contributed by atoms with Crippen molar-refractivity contribution in [2.45, 2.75) is 13.5 Å². The summed E-state index contributed by atoms with van der Waals surface area (Å²) < 4.78 is 5.78. The lowest BCUT2D eigenvalue weighted by Gasteiger charge is -2.10. The van der Waals surface area contributed by atoms with Crippen molar-refractivity contribution in [1.82, 2.24) is 4.98 Å². The number of rotatable bonds is 5. The molecule has 0 unspecified atom stereocenters. The van der Waals surface area contributed by atoms with Gasteiger partial charge in [0.2, 0.25) is 0 Å². The Morgan fingerprint density at radius 1 is 1.04 bits per heavy atom. The Balaban J connectivity index is 1.83. The first kappa shape index (κ1) is 15.0. The van der Waals surface area contributed by atoms with Crippen LogP contribution < -0.4 is 4.74 Å². The van der Waals surface area contributed by atoms with Crippen molar-refractivity contribution in [2.75, 3.05) is 0 Å². The van der Waals surface area contributed by atoms with Crippen LogP contribution in [0.3, 0.4) is 0 Å². The third-order valence-electron chi connectivity index (χ3n) is 3.61. The monoisotopic (exact) mass is 303 g/mol. The number of pyridine rings is 1. The molecule has 23 heavy (non-hydrogen) atoms. The molecule has 0 spiro atoms. The molecule has 0 fully saturated rings. The number of hydrogen-bond donors (Lipinski definition) is 0. The lowest BCUT2D eigenvalue weighted by atomic mass is 10.0. The average molecular weight is 303 g/mol. The topological polar surface area (TPSA) is 39.2 Å². The maximum atomic E-state index is 11.4. The summed E-state index contributed by atoms with van der Waals surface area (Å²) in [5, 5.41) is 0. The van der Waals surface area contributed by atoms with Gasteiger partial charge in [-0.2, -0.15) is 0 Å². The number of carbonyl (C=O) groups is 1. The highest BCUT2D eigenvalue weighted by Crippen LogP contribution is 2.27. The van der Waals surface area contributed by atoms with Gasteiger partial charge in [0.05, 0.1) is 0 Å². The van der Waals surface area contributed by atoms with Crippen molar-refractivity contribution in [3.8, 4) is 16.9 Å². The van der Waals surface area contributed by atoms with E-state index in [4.69, 9.17) is 4.74 Å². The standard InChI is InChI=1S/C20H17NO2/c1-15-11-17(9-10-21-15)20-8-7-19(12-18(20)13-22)23-14-16-5-3-2-4-6-16/h2-13H,14H2,1H3. The summed E-state index contributed by atoms with van der Waals surface area (Å²) in [6.45, 7) is 2.41. The molecule has 3 aromatic rings. The number of nitrogens with zero attached hydrogens (tertiary/aromatic N) is 1. The number of benzene rings is 2. The smallest absolute Gasteiger partial charge is 0.150 e. The zero-order chi connectivity index (χ0) is 16.1. The van der Waals surface area contributed by atoms with Crippen molar-refractivity contribution in [1.29, 1.82) is 0 Å². The number of carbonyl (C=O) groups excluding carboxylic acids is 1. The van der Waals surface area contributed by atoms with Crippen LogP contribution in [-0.2, 0) is 6.61 Å². The highest BCUT2D eigenvalue weighted by Gasteiger charge is 2.07. The van der Waals surface area contributed by atoms with Crippen molar-refractivity contribution in [2.24, 2.45) is 0 Å². The van der Waals surface area contributed by atoms with Crippen LogP contribution in [0, 0.1) is 6.92 Å². The van der Waals surface area contributed by atoms with E-state index < -0.39 is 0 Å². The first-order valence-corrected chi connectivity index (χ1v) is 7.45. The zero-order valence-electron chi connectivity index (χ0n) is 12.9. The number of ether oxygens (including phenoxy) is 1. The van der Waals surface area contributed by atoms with Crippen molar-refractivity contribution < 1.29 is 9.53 Å². The summed E-state index contributed by atoms with van der Waals surface area (Å²) >= 11 is 0. The molecule has 0 radical (unpaired) electrons. The largest absolute Gasteiger partial charge is 0.489 e. The Labute approximate surface area is 135 Å². The summed E-state index contributed by atoms with van der Waals surface area (Å²) in [6.07, 6.45) is 2.61. The van der Waals surface area contributed by atoms with Crippen LogP contribution in [-0.4, -0.2) is 11.3 Å². The number of aromatic nitrogens is 1. The highest BCUT2D eigenvalue weighted by molar-refractivity contribution is 5.88. The van der Waals surface area contributed by atoms with Crippen LogP contribution in [0.1, 0.15) is 21.6 Å². The Kier molecular flexibility index (Phi) is 4.48.